The van der Waals surface area contributed by atoms with Crippen molar-refractivity contribution in [2.45, 2.75) is 6.54 Å². The van der Waals surface area contributed by atoms with Crippen LogP contribution in [0, 0.1) is 0 Å². The number of fused-ring (bicyclic) bond motifs is 4. The molecule has 8 heteroatoms. The number of hydrogen-bond donors (Lipinski definition) is 1. The fraction of sp³-hybridized carbons (Fsp3) is 0.357. The maximum Gasteiger partial charge on any atom is 0.231 e. The van der Waals surface area contributed by atoms with Crippen LogP contribution < -0.4 is 14.8 Å². The molecule has 0 radical (unpaired) electrons. The van der Waals surface area contributed by atoms with E-state index in [1.165, 1.54) is 0 Å². The molecule has 8 nitrogen and oxygen atoms in total. The van der Waals surface area contributed by atoms with Crippen LogP contribution in [0.3, 0.4) is 0 Å². The van der Waals surface area contributed by atoms with Crippen molar-refractivity contribution in [1.29, 1.82) is 0 Å². The van der Waals surface area contributed by atoms with Gasteiger partial charge in [-0.05, 0) is 22.6 Å². The van der Waals surface area contributed by atoms with Gasteiger partial charge in [0.25, 0.3) is 0 Å². The second-order valence-corrected chi connectivity index (χ2v) is 5.02. The molecule has 0 bridgehead atoms. The molecule has 0 spiro atoms. The summed E-state index contributed by atoms with van der Waals surface area (Å²) >= 11 is 0. The van der Waals surface area contributed by atoms with Crippen molar-refractivity contribution in [2.24, 2.45) is 0 Å². The van der Waals surface area contributed by atoms with Gasteiger partial charge in [0.05, 0.1) is 12.1 Å². The van der Waals surface area contributed by atoms with Crippen LogP contribution in [0.1, 0.15) is 5.56 Å². The molecule has 114 valence electrons. The largest absolute Gasteiger partial charge is 0.454 e. The Hall–Kier alpha value is -2.45. The first-order valence-electron chi connectivity index (χ1n) is 7.00. The van der Waals surface area contributed by atoms with Gasteiger partial charge in [0, 0.05) is 37.2 Å². The van der Waals surface area contributed by atoms with Gasteiger partial charge in [-0.15, -0.1) is 5.10 Å². The summed E-state index contributed by atoms with van der Waals surface area (Å²) < 4.78 is 17.6. The molecule has 0 saturated carbocycles. The number of rotatable bonds is 5. The Kier molecular flexibility index (Phi) is 3.24. The van der Waals surface area contributed by atoms with Crippen LogP contribution >= 0.6 is 0 Å². The van der Waals surface area contributed by atoms with E-state index in [1.807, 2.05) is 12.1 Å². The predicted octanol–water partition coefficient (Wildman–Crippen LogP) is 0.742. The first-order chi connectivity index (χ1) is 10.9. The van der Waals surface area contributed by atoms with Crippen LogP contribution in [0.2, 0.25) is 0 Å². The SMILES string of the molecule is COCCNCc1cc2cc3c(cc2n2nnnc12)OCO3. The summed E-state index contributed by atoms with van der Waals surface area (Å²) in [4.78, 5) is 0. The molecule has 0 saturated heterocycles. The lowest BCUT2D eigenvalue weighted by molar-refractivity contribution is 0.174. The third kappa shape index (κ3) is 2.13. The second kappa shape index (κ2) is 5.39. The standard InChI is InChI=1S/C14H15N5O3/c1-20-3-2-15-7-10-4-9-5-12-13(22-8-21-12)6-11(9)19-14(10)16-17-18-19/h4-6,15H,2-3,7-8H2,1H3. The summed E-state index contributed by atoms with van der Waals surface area (Å²) in [5.74, 6) is 1.47. The molecule has 0 fully saturated rings. The Morgan fingerprint density at radius 2 is 2.14 bits per heavy atom. The fourth-order valence-corrected chi connectivity index (χ4v) is 2.58. The van der Waals surface area contributed by atoms with Crippen molar-refractivity contribution in [2.75, 3.05) is 27.1 Å². The van der Waals surface area contributed by atoms with Gasteiger partial charge in [-0.25, -0.2) is 0 Å². The minimum absolute atomic E-state index is 0.246. The van der Waals surface area contributed by atoms with Gasteiger partial charge in [-0.2, -0.15) is 4.52 Å². The van der Waals surface area contributed by atoms with Crippen LogP contribution in [-0.2, 0) is 11.3 Å². The van der Waals surface area contributed by atoms with E-state index in [2.05, 4.69) is 26.9 Å². The highest BCUT2D eigenvalue weighted by molar-refractivity contribution is 5.86. The van der Waals surface area contributed by atoms with Crippen LogP contribution in [0.5, 0.6) is 11.5 Å². The summed E-state index contributed by atoms with van der Waals surface area (Å²) in [5, 5.41) is 16.3. The van der Waals surface area contributed by atoms with Gasteiger partial charge in [-0.3, -0.25) is 0 Å². The van der Waals surface area contributed by atoms with E-state index in [1.54, 1.807) is 11.6 Å². The summed E-state index contributed by atoms with van der Waals surface area (Å²) in [6, 6.07) is 5.93. The van der Waals surface area contributed by atoms with Crippen LogP contribution in [0.25, 0.3) is 16.6 Å². The number of nitrogens with zero attached hydrogens (tertiary/aromatic N) is 4. The van der Waals surface area contributed by atoms with Crippen LogP contribution in [-0.4, -0.2) is 47.1 Å². The monoisotopic (exact) mass is 301 g/mol. The van der Waals surface area contributed by atoms with Crippen molar-refractivity contribution < 1.29 is 14.2 Å². The molecule has 0 unspecified atom stereocenters. The van der Waals surface area contributed by atoms with Crippen molar-refractivity contribution >= 4 is 16.6 Å². The number of benzene rings is 1. The second-order valence-electron chi connectivity index (χ2n) is 5.02. The normalized spacial score (nSPS) is 13.3. The van der Waals surface area contributed by atoms with Crippen molar-refractivity contribution in [3.63, 3.8) is 0 Å². The molecule has 4 rings (SSSR count). The average molecular weight is 301 g/mol. The minimum Gasteiger partial charge on any atom is -0.454 e. The maximum absolute atomic E-state index is 5.44. The molecule has 22 heavy (non-hydrogen) atoms. The Bertz CT molecular complexity index is 832. The average Bonchev–Trinajstić information content (AvgIpc) is 3.17. The van der Waals surface area contributed by atoms with E-state index in [-0.39, 0.29) is 6.79 Å². The van der Waals surface area contributed by atoms with Crippen molar-refractivity contribution in [3.8, 4) is 11.5 Å². The molecule has 1 aliphatic rings. The van der Waals surface area contributed by atoms with Gasteiger partial charge in [0.2, 0.25) is 6.79 Å². The highest BCUT2D eigenvalue weighted by atomic mass is 16.7. The molecular formula is C14H15N5O3. The van der Waals surface area contributed by atoms with E-state index < -0.39 is 0 Å². The first-order valence-corrected chi connectivity index (χ1v) is 7.00. The van der Waals surface area contributed by atoms with Gasteiger partial charge in [0.1, 0.15) is 0 Å². The lowest BCUT2D eigenvalue weighted by Gasteiger charge is -2.08. The minimum atomic E-state index is 0.246. The maximum atomic E-state index is 5.44. The fourth-order valence-electron chi connectivity index (χ4n) is 2.58. The van der Waals surface area contributed by atoms with E-state index in [4.69, 9.17) is 14.2 Å². The Morgan fingerprint density at radius 1 is 1.27 bits per heavy atom. The summed E-state index contributed by atoms with van der Waals surface area (Å²) in [6.07, 6.45) is 0. The van der Waals surface area contributed by atoms with E-state index in [0.29, 0.717) is 13.2 Å². The molecule has 0 aliphatic carbocycles. The Labute approximate surface area is 126 Å². The quantitative estimate of drug-likeness (QED) is 0.696. The topological polar surface area (TPSA) is 82.8 Å². The molecule has 0 atom stereocenters. The Balaban J connectivity index is 1.79. The number of tetrazole rings is 1. The van der Waals surface area contributed by atoms with Crippen LogP contribution in [0.4, 0.5) is 0 Å². The molecule has 3 heterocycles. The van der Waals surface area contributed by atoms with Gasteiger partial charge >= 0.3 is 0 Å². The highest BCUT2D eigenvalue weighted by Gasteiger charge is 2.17. The van der Waals surface area contributed by atoms with Gasteiger partial charge in [0.15, 0.2) is 17.1 Å². The molecule has 1 aliphatic heterocycles. The van der Waals surface area contributed by atoms with Gasteiger partial charge < -0.3 is 19.5 Å². The molecule has 2 aromatic heterocycles. The number of nitrogens with one attached hydrogen (secondary N) is 1. The molecular weight excluding hydrogens is 286 g/mol. The molecule has 1 aromatic carbocycles. The van der Waals surface area contributed by atoms with E-state index in [0.717, 1.165) is 40.2 Å². The van der Waals surface area contributed by atoms with E-state index in [9.17, 15) is 0 Å². The zero-order valence-electron chi connectivity index (χ0n) is 12.1. The zero-order chi connectivity index (χ0) is 14.9. The summed E-state index contributed by atoms with van der Waals surface area (Å²) in [7, 11) is 1.68. The first kappa shape index (κ1) is 13.2. The third-order valence-electron chi connectivity index (χ3n) is 3.63. The Morgan fingerprint density at radius 3 is 3.00 bits per heavy atom. The molecule has 0 amide bonds. The predicted molar refractivity (Wildman–Crippen MR) is 78.0 cm³/mol. The van der Waals surface area contributed by atoms with Gasteiger partial charge in [-0.1, -0.05) is 0 Å². The molecule has 1 N–H and O–H groups in total. The number of pyridine rings is 1. The summed E-state index contributed by atoms with van der Waals surface area (Å²) in [6.45, 7) is 2.34. The smallest absolute Gasteiger partial charge is 0.231 e. The van der Waals surface area contributed by atoms with Crippen molar-refractivity contribution in [3.05, 3.63) is 23.8 Å². The van der Waals surface area contributed by atoms with Crippen molar-refractivity contribution in [1.82, 2.24) is 25.4 Å². The summed E-state index contributed by atoms with van der Waals surface area (Å²) in [5.41, 5.74) is 2.65. The lowest BCUT2D eigenvalue weighted by atomic mass is 10.1. The third-order valence-corrected chi connectivity index (χ3v) is 3.63. The zero-order valence-corrected chi connectivity index (χ0v) is 12.1. The molecule has 3 aromatic rings. The number of hydrogen-bond acceptors (Lipinski definition) is 7. The highest BCUT2D eigenvalue weighted by Crippen LogP contribution is 2.36. The van der Waals surface area contributed by atoms with E-state index >= 15 is 0 Å². The number of methoxy groups -OCH3 is 1. The lowest BCUT2D eigenvalue weighted by Crippen LogP contribution is -2.19. The number of ether oxygens (including phenoxy) is 3. The van der Waals surface area contributed by atoms with Crippen LogP contribution in [0.15, 0.2) is 18.2 Å². The number of aromatic nitrogens is 4.